The second kappa shape index (κ2) is 6.37. The second-order valence-electron chi connectivity index (χ2n) is 5.91. The van der Waals surface area contributed by atoms with E-state index in [2.05, 4.69) is 0 Å². The van der Waals surface area contributed by atoms with Crippen molar-refractivity contribution in [3.05, 3.63) is 23.3 Å². The van der Waals surface area contributed by atoms with Crippen molar-refractivity contribution < 1.29 is 33.1 Å². The highest BCUT2D eigenvalue weighted by Gasteiger charge is 2.40. The van der Waals surface area contributed by atoms with E-state index >= 15 is 0 Å². The third-order valence-corrected chi connectivity index (χ3v) is 3.99. The first-order chi connectivity index (χ1) is 15.2. The molecule has 0 radical (unpaired) electrons. The molecule has 1 fully saturated rings. The minimum absolute atomic E-state index is 0.144. The molecule has 2 aliphatic rings. The minimum Gasteiger partial charge on any atom is -0.493 e. The molecule has 3 rings (SSSR count). The predicted molar refractivity (Wildman–Crippen MR) is 91.6 cm³/mol. The average Bonchev–Trinajstić information content (AvgIpc) is 2.73. The van der Waals surface area contributed by atoms with E-state index in [0.717, 1.165) is 4.90 Å². The molecule has 1 aromatic rings. The Balaban J connectivity index is 2.28. The lowest BCUT2D eigenvalue weighted by Crippen LogP contribution is -2.47. The Kier molecular flexibility index (Phi) is 2.30. The monoisotopic (exact) mass is 343 g/mol. The molecule has 0 amide bonds. The van der Waals surface area contributed by atoms with Gasteiger partial charge in [-0.25, -0.2) is 0 Å². The van der Waals surface area contributed by atoms with Crippen LogP contribution in [0, 0.1) is 5.89 Å². The van der Waals surface area contributed by atoms with Crippen LogP contribution < -0.4 is 9.47 Å². The number of piperidine rings is 1. The summed E-state index contributed by atoms with van der Waals surface area (Å²) in [5, 5.41) is 10.6. The summed E-state index contributed by atoms with van der Waals surface area (Å²) in [5.41, 5.74) is -2.59. The van der Waals surface area contributed by atoms with Crippen molar-refractivity contribution in [1.82, 2.24) is 4.90 Å². The fourth-order valence-electron chi connectivity index (χ4n) is 2.94. The van der Waals surface area contributed by atoms with Gasteiger partial charge in [0.05, 0.1) is 19.8 Å². The highest BCUT2D eigenvalue weighted by Crippen LogP contribution is 2.42. The maximum absolute atomic E-state index is 13.5. The van der Waals surface area contributed by atoms with Gasteiger partial charge in [-0.3, -0.25) is 9.69 Å². The number of rotatable bonds is 4. The van der Waals surface area contributed by atoms with Crippen LogP contribution in [0.25, 0.3) is 0 Å². The molecule has 1 aromatic carbocycles. The topological polar surface area (TPSA) is 59.0 Å². The van der Waals surface area contributed by atoms with Crippen LogP contribution in [0.1, 0.15) is 57.4 Å². The summed E-state index contributed by atoms with van der Waals surface area (Å²) in [6.07, 6.45) is -6.60. The zero-order chi connectivity index (χ0) is 26.3. The van der Waals surface area contributed by atoms with Gasteiger partial charge in [-0.05, 0) is 49.8 Å². The molecule has 0 aromatic heterocycles. The van der Waals surface area contributed by atoms with Crippen molar-refractivity contribution in [2.45, 2.75) is 44.6 Å². The van der Waals surface area contributed by atoms with E-state index in [4.69, 9.17) is 23.2 Å². The first-order valence-corrected chi connectivity index (χ1v) is 7.54. The van der Waals surface area contributed by atoms with Crippen LogP contribution in [0.3, 0.4) is 0 Å². The Morgan fingerprint density at radius 2 is 2.21 bits per heavy atom. The molecule has 3 atom stereocenters. The molecule has 2 heterocycles. The van der Waals surface area contributed by atoms with Gasteiger partial charge in [0.2, 0.25) is 0 Å². The van der Waals surface area contributed by atoms with Crippen molar-refractivity contribution >= 4 is 5.78 Å². The van der Waals surface area contributed by atoms with Gasteiger partial charge in [0.25, 0.3) is 0 Å². The third-order valence-electron chi connectivity index (χ3n) is 3.99. The molecule has 5 nitrogen and oxygen atoms in total. The maximum atomic E-state index is 13.5. The van der Waals surface area contributed by atoms with E-state index in [1.165, 1.54) is 20.3 Å². The SMILES string of the molecule is [2H]C1([2H])C(=O)[C@@]([2H])(C([2H])([2H])C(C)(O)C([2H])([2H])[2H])C([2H])([2H])N2CCc3cc(OC)c(OC)cc3[C@@H]21. The van der Waals surface area contributed by atoms with Crippen LogP contribution in [0.15, 0.2) is 12.1 Å². The zero-order valence-electron chi connectivity index (χ0n) is 23.8. The summed E-state index contributed by atoms with van der Waals surface area (Å²) in [5.74, 6) is -4.88. The molecular weight excluding hydrogens is 306 g/mol. The van der Waals surface area contributed by atoms with Gasteiger partial charge in [-0.1, -0.05) is 0 Å². The van der Waals surface area contributed by atoms with Crippen LogP contribution in [-0.4, -0.2) is 48.7 Å². The summed E-state index contributed by atoms with van der Waals surface area (Å²) in [6, 6.07) is 1.43. The summed E-state index contributed by atoms with van der Waals surface area (Å²) < 4.78 is 93.3. The normalized spacial score (nSPS) is 40.8. The highest BCUT2D eigenvalue weighted by atomic mass is 16.5. The Morgan fingerprint density at radius 1 is 1.50 bits per heavy atom. The van der Waals surface area contributed by atoms with Crippen LogP contribution in [-0.2, 0) is 11.2 Å². The first-order valence-electron chi connectivity index (χ1n) is 12.5. The fraction of sp³-hybridized carbons (Fsp3) is 0.632. The molecular formula is C19H27NO4. The molecule has 132 valence electrons. The fourth-order valence-corrected chi connectivity index (χ4v) is 2.94. The Morgan fingerprint density at radius 3 is 2.88 bits per heavy atom. The Labute approximate surface area is 157 Å². The quantitative estimate of drug-likeness (QED) is 0.909. The Bertz CT molecular complexity index is 1010. The van der Waals surface area contributed by atoms with Gasteiger partial charge in [-0.2, -0.15) is 0 Å². The van der Waals surface area contributed by atoms with Crippen LogP contribution in [0.5, 0.6) is 11.5 Å². The Hall–Kier alpha value is -1.59. The van der Waals surface area contributed by atoms with Gasteiger partial charge in [0.1, 0.15) is 5.78 Å². The number of nitrogens with zero attached hydrogens (tertiary/aromatic N) is 1. The molecule has 0 bridgehead atoms. The molecule has 1 N–H and O–H groups in total. The largest absolute Gasteiger partial charge is 0.493 e. The van der Waals surface area contributed by atoms with Crippen LogP contribution in [0.4, 0.5) is 0 Å². The highest BCUT2D eigenvalue weighted by molar-refractivity contribution is 5.83. The van der Waals surface area contributed by atoms with Crippen molar-refractivity contribution in [2.24, 2.45) is 5.89 Å². The number of aliphatic hydroxyl groups is 1. The lowest BCUT2D eigenvalue weighted by Gasteiger charge is -2.44. The van der Waals surface area contributed by atoms with Crippen molar-refractivity contribution in [3.8, 4) is 11.5 Å². The number of ether oxygens (including phenoxy) is 2. The van der Waals surface area contributed by atoms with E-state index in [-0.39, 0.29) is 24.3 Å². The molecule has 2 aliphatic heterocycles. The number of hydrogen-bond acceptors (Lipinski definition) is 5. The van der Waals surface area contributed by atoms with Crippen molar-refractivity contribution in [3.63, 3.8) is 0 Å². The van der Waals surface area contributed by atoms with E-state index in [1.807, 2.05) is 0 Å². The van der Waals surface area contributed by atoms with E-state index < -0.39 is 49.4 Å². The summed E-state index contributed by atoms with van der Waals surface area (Å²) in [4.78, 5) is 14.4. The number of carbonyl (C=O) groups is 1. The maximum Gasteiger partial charge on any atom is 0.161 e. The smallest absolute Gasteiger partial charge is 0.161 e. The number of methoxy groups -OCH3 is 2. The van der Waals surface area contributed by atoms with E-state index in [1.54, 1.807) is 6.07 Å². The number of carbonyl (C=O) groups excluding carboxylic acids is 1. The molecule has 0 saturated carbocycles. The molecule has 5 heteroatoms. The van der Waals surface area contributed by atoms with Crippen LogP contribution in [0.2, 0.25) is 0 Å². The van der Waals surface area contributed by atoms with Gasteiger partial charge < -0.3 is 14.6 Å². The second-order valence-corrected chi connectivity index (χ2v) is 5.91. The van der Waals surface area contributed by atoms with Gasteiger partial charge >= 0.3 is 0 Å². The average molecular weight is 343 g/mol. The lowest BCUT2D eigenvalue weighted by molar-refractivity contribution is -0.131. The molecule has 1 unspecified atom stereocenters. The molecule has 0 aliphatic carbocycles. The summed E-state index contributed by atoms with van der Waals surface area (Å²) in [7, 11) is 2.76. The van der Waals surface area contributed by atoms with Crippen molar-refractivity contribution in [1.29, 1.82) is 0 Å². The number of ketones is 1. The van der Waals surface area contributed by atoms with E-state index in [9.17, 15) is 9.90 Å². The van der Waals surface area contributed by atoms with Crippen molar-refractivity contribution in [2.75, 3.05) is 27.3 Å². The van der Waals surface area contributed by atoms with Gasteiger partial charge in [0.15, 0.2) is 11.5 Å². The third kappa shape index (κ3) is 3.28. The summed E-state index contributed by atoms with van der Waals surface area (Å²) in [6.45, 7) is -6.30. The van der Waals surface area contributed by atoms with Gasteiger partial charge in [-0.15, -0.1) is 0 Å². The number of hydrogen-bond donors (Lipinski definition) is 1. The zero-order valence-corrected chi connectivity index (χ0v) is 13.8. The minimum atomic E-state index is -3.72. The number of benzene rings is 1. The number of fused-ring (bicyclic) bond motifs is 3. The first kappa shape index (κ1) is 8.68. The number of Topliss-reactive ketones (excluding diaryl/α,β-unsaturated/α-hetero) is 1. The molecule has 1 saturated heterocycles. The molecule has 0 spiro atoms. The lowest BCUT2D eigenvalue weighted by atomic mass is 9.79. The van der Waals surface area contributed by atoms with E-state index in [0.29, 0.717) is 18.2 Å². The summed E-state index contributed by atoms with van der Waals surface area (Å²) >= 11 is 0. The molecule has 24 heavy (non-hydrogen) atoms. The van der Waals surface area contributed by atoms with Crippen LogP contribution >= 0.6 is 0 Å². The standard InChI is InChI=1S/C19H27NO4/c1-19(2,22)10-13-11-20-6-5-12-7-17(23-3)18(24-4)8-14(12)15(20)9-16(13)21/h7-8,13,15,22H,5-6,9-11H2,1-4H3/t13-,15-/m0/s1/i1D3,9D2,10D2,11D2,13D/t13-,15-,19?. The van der Waals surface area contributed by atoms with Gasteiger partial charge in [0, 0.05) is 45.1 Å². The predicted octanol–water partition coefficient (Wildman–Crippen LogP) is 2.35.